The summed E-state index contributed by atoms with van der Waals surface area (Å²) in [7, 11) is -3.26. The van der Waals surface area contributed by atoms with Crippen LogP contribution in [0.3, 0.4) is 0 Å². The van der Waals surface area contributed by atoms with Crippen LogP contribution in [0.4, 0.5) is 4.79 Å². The molecule has 0 spiro atoms. The molecular weight excluding hydrogens is 332 g/mol. The number of hydrogen-bond donors (Lipinski definition) is 3. The van der Waals surface area contributed by atoms with Crippen LogP contribution in [0.1, 0.15) is 12.0 Å². The van der Waals surface area contributed by atoms with E-state index in [1.165, 1.54) is 0 Å². The molecule has 2 rings (SSSR count). The van der Waals surface area contributed by atoms with Crippen molar-refractivity contribution < 1.29 is 18.0 Å². The van der Waals surface area contributed by atoms with Gasteiger partial charge in [0.15, 0.2) is 0 Å². The van der Waals surface area contributed by atoms with Crippen molar-refractivity contribution >= 4 is 22.0 Å². The van der Waals surface area contributed by atoms with Crippen molar-refractivity contribution in [2.45, 2.75) is 19.0 Å². The summed E-state index contributed by atoms with van der Waals surface area (Å²) in [5, 5.41) is 5.29. The van der Waals surface area contributed by atoms with E-state index in [9.17, 15) is 18.0 Å². The molecule has 1 aromatic rings. The number of amides is 3. The van der Waals surface area contributed by atoms with Crippen molar-refractivity contribution in [1.29, 1.82) is 0 Å². The van der Waals surface area contributed by atoms with Crippen LogP contribution in [0.25, 0.3) is 0 Å². The molecule has 1 heterocycles. The van der Waals surface area contributed by atoms with Gasteiger partial charge in [-0.15, -0.1) is 0 Å². The van der Waals surface area contributed by atoms with Crippen molar-refractivity contribution in [2.75, 3.05) is 25.9 Å². The Hall–Kier alpha value is -2.13. The lowest BCUT2D eigenvalue weighted by Crippen LogP contribution is -2.45. The van der Waals surface area contributed by atoms with Crippen molar-refractivity contribution in [3.8, 4) is 0 Å². The fourth-order valence-corrected chi connectivity index (χ4v) is 2.95. The molecule has 0 unspecified atom stereocenters. The van der Waals surface area contributed by atoms with Crippen LogP contribution in [0, 0.1) is 0 Å². The molecule has 3 N–H and O–H groups in total. The van der Waals surface area contributed by atoms with Crippen molar-refractivity contribution in [3.63, 3.8) is 0 Å². The summed E-state index contributed by atoms with van der Waals surface area (Å²) in [6, 6.07) is 9.01. The van der Waals surface area contributed by atoms with E-state index in [0.717, 1.165) is 11.8 Å². The first-order chi connectivity index (χ1) is 11.3. The highest BCUT2D eigenvalue weighted by atomic mass is 32.2. The van der Waals surface area contributed by atoms with Gasteiger partial charge in [-0.3, -0.25) is 4.79 Å². The van der Waals surface area contributed by atoms with E-state index in [0.29, 0.717) is 13.1 Å². The monoisotopic (exact) mass is 354 g/mol. The largest absolute Gasteiger partial charge is 0.337 e. The number of benzene rings is 1. The molecule has 3 amide bonds. The van der Waals surface area contributed by atoms with Gasteiger partial charge >= 0.3 is 6.03 Å². The molecule has 0 aromatic heterocycles. The highest BCUT2D eigenvalue weighted by molar-refractivity contribution is 7.88. The van der Waals surface area contributed by atoms with E-state index in [1.54, 1.807) is 4.90 Å². The molecule has 0 aliphatic carbocycles. The van der Waals surface area contributed by atoms with Crippen LogP contribution < -0.4 is 15.4 Å². The maximum absolute atomic E-state index is 12.0. The van der Waals surface area contributed by atoms with E-state index in [2.05, 4.69) is 15.4 Å². The molecule has 0 bridgehead atoms. The van der Waals surface area contributed by atoms with E-state index in [-0.39, 0.29) is 31.5 Å². The second kappa shape index (κ2) is 8.11. The minimum Gasteiger partial charge on any atom is -0.337 e. The average Bonchev–Trinajstić information content (AvgIpc) is 2.83. The van der Waals surface area contributed by atoms with Crippen LogP contribution in [-0.4, -0.2) is 57.2 Å². The zero-order valence-corrected chi connectivity index (χ0v) is 14.3. The molecule has 1 aliphatic heterocycles. The second-order valence-electron chi connectivity index (χ2n) is 5.73. The van der Waals surface area contributed by atoms with Crippen molar-refractivity contribution in [1.82, 2.24) is 20.3 Å². The van der Waals surface area contributed by atoms with Crippen LogP contribution in [0.15, 0.2) is 30.3 Å². The van der Waals surface area contributed by atoms with Crippen molar-refractivity contribution in [3.05, 3.63) is 35.9 Å². The van der Waals surface area contributed by atoms with Gasteiger partial charge in [0.2, 0.25) is 15.9 Å². The Balaban J connectivity index is 1.72. The summed E-state index contributed by atoms with van der Waals surface area (Å²) in [5.41, 5.74) is 1.04. The third-order valence-electron chi connectivity index (χ3n) is 3.54. The number of hydrogen-bond acceptors (Lipinski definition) is 4. The summed E-state index contributed by atoms with van der Waals surface area (Å²) >= 11 is 0. The van der Waals surface area contributed by atoms with Gasteiger partial charge in [-0.1, -0.05) is 30.3 Å². The zero-order valence-electron chi connectivity index (χ0n) is 13.5. The Morgan fingerprint density at radius 3 is 2.62 bits per heavy atom. The number of nitrogens with one attached hydrogen (secondary N) is 3. The molecule has 9 heteroatoms. The van der Waals surface area contributed by atoms with Gasteiger partial charge in [-0.05, 0) is 5.56 Å². The molecule has 1 atom stereocenters. The van der Waals surface area contributed by atoms with Crippen molar-refractivity contribution in [2.24, 2.45) is 0 Å². The Bertz CT molecular complexity index is 678. The smallest absolute Gasteiger partial charge is 0.315 e. The van der Waals surface area contributed by atoms with Gasteiger partial charge < -0.3 is 15.5 Å². The molecule has 0 radical (unpaired) electrons. The first-order valence-electron chi connectivity index (χ1n) is 7.64. The summed E-state index contributed by atoms with van der Waals surface area (Å²) in [5.74, 6) is 0.00268. The van der Waals surface area contributed by atoms with Crippen LogP contribution in [0.2, 0.25) is 0 Å². The topological polar surface area (TPSA) is 108 Å². The molecule has 132 valence electrons. The summed E-state index contributed by atoms with van der Waals surface area (Å²) in [4.78, 5) is 25.5. The van der Waals surface area contributed by atoms with E-state index in [1.807, 2.05) is 30.3 Å². The highest BCUT2D eigenvalue weighted by Gasteiger charge is 2.30. The first-order valence-corrected chi connectivity index (χ1v) is 9.53. The molecule has 1 fully saturated rings. The fourth-order valence-electron chi connectivity index (χ4n) is 2.47. The third-order valence-corrected chi connectivity index (χ3v) is 4.27. The van der Waals surface area contributed by atoms with E-state index >= 15 is 0 Å². The standard InChI is InChI=1S/C15H22N4O4S/c1-24(22,23)17-8-7-16-15(21)18-13-9-14(20)19(11-13)10-12-5-3-2-4-6-12/h2-6,13,17H,7-11H2,1H3,(H2,16,18,21)/t13-/m0/s1. The Labute approximate surface area is 141 Å². The lowest BCUT2D eigenvalue weighted by atomic mass is 10.2. The quantitative estimate of drug-likeness (QED) is 0.581. The number of sulfonamides is 1. The molecule has 24 heavy (non-hydrogen) atoms. The predicted molar refractivity (Wildman–Crippen MR) is 89.6 cm³/mol. The SMILES string of the molecule is CS(=O)(=O)NCCNC(=O)N[C@H]1CC(=O)N(Cc2ccccc2)C1. The third kappa shape index (κ3) is 6.17. The van der Waals surface area contributed by atoms with Gasteiger partial charge in [-0.25, -0.2) is 17.9 Å². The molecule has 0 saturated carbocycles. The number of carbonyl (C=O) groups is 2. The average molecular weight is 354 g/mol. The number of rotatable bonds is 7. The maximum Gasteiger partial charge on any atom is 0.315 e. The predicted octanol–water partition coefficient (Wildman–Crippen LogP) is -0.364. The van der Waals surface area contributed by atoms with Crippen LogP contribution in [0.5, 0.6) is 0 Å². The molecular formula is C15H22N4O4S. The minimum atomic E-state index is -3.26. The molecule has 1 aliphatic rings. The number of carbonyl (C=O) groups excluding carboxylic acids is 2. The van der Waals surface area contributed by atoms with Gasteiger partial charge in [0, 0.05) is 32.6 Å². The summed E-state index contributed by atoms with van der Waals surface area (Å²) in [6.45, 7) is 1.28. The van der Waals surface area contributed by atoms with E-state index in [4.69, 9.17) is 0 Å². The Kier molecular flexibility index (Phi) is 6.16. The maximum atomic E-state index is 12.0. The normalized spacial score (nSPS) is 17.8. The van der Waals surface area contributed by atoms with Crippen LogP contribution in [-0.2, 0) is 21.4 Å². The second-order valence-corrected chi connectivity index (χ2v) is 7.56. The Morgan fingerprint density at radius 1 is 1.25 bits per heavy atom. The summed E-state index contributed by atoms with van der Waals surface area (Å²) in [6.07, 6.45) is 1.32. The Morgan fingerprint density at radius 2 is 1.96 bits per heavy atom. The first kappa shape index (κ1) is 18.2. The molecule has 8 nitrogen and oxygen atoms in total. The highest BCUT2D eigenvalue weighted by Crippen LogP contribution is 2.14. The molecule has 1 aromatic carbocycles. The van der Waals surface area contributed by atoms with Crippen LogP contribution >= 0.6 is 0 Å². The lowest BCUT2D eigenvalue weighted by Gasteiger charge is -2.17. The number of nitrogens with zero attached hydrogens (tertiary/aromatic N) is 1. The number of likely N-dealkylation sites (tertiary alicyclic amines) is 1. The molecule has 1 saturated heterocycles. The number of urea groups is 1. The van der Waals surface area contributed by atoms with Gasteiger partial charge in [0.1, 0.15) is 0 Å². The van der Waals surface area contributed by atoms with E-state index < -0.39 is 16.1 Å². The fraction of sp³-hybridized carbons (Fsp3) is 0.467. The minimum absolute atomic E-state index is 0.00268. The van der Waals surface area contributed by atoms with Gasteiger partial charge in [-0.2, -0.15) is 0 Å². The zero-order chi connectivity index (χ0) is 17.6. The van der Waals surface area contributed by atoms with Gasteiger partial charge in [0.25, 0.3) is 0 Å². The summed E-state index contributed by atoms with van der Waals surface area (Å²) < 4.78 is 24.1. The van der Waals surface area contributed by atoms with Gasteiger partial charge in [0.05, 0.1) is 12.3 Å². The lowest BCUT2D eigenvalue weighted by molar-refractivity contribution is -0.128.